The molecule has 0 N–H and O–H groups in total. The van der Waals surface area contributed by atoms with Crippen molar-refractivity contribution in [3.63, 3.8) is 0 Å². The van der Waals surface area contributed by atoms with Crippen LogP contribution in [-0.2, 0) is 19.1 Å². The van der Waals surface area contributed by atoms with Gasteiger partial charge in [0.25, 0.3) is 0 Å². The summed E-state index contributed by atoms with van der Waals surface area (Å²) in [6.45, 7) is 6.02. The maximum Gasteiger partial charge on any atom is 0.306 e. The van der Waals surface area contributed by atoms with Crippen molar-refractivity contribution < 1.29 is 19.1 Å². The van der Waals surface area contributed by atoms with Crippen LogP contribution in [0.15, 0.2) is 11.6 Å². The van der Waals surface area contributed by atoms with Gasteiger partial charge in [0.2, 0.25) is 0 Å². The summed E-state index contributed by atoms with van der Waals surface area (Å²) in [5.41, 5.74) is 1.41. The molecule has 2 atom stereocenters. The third kappa shape index (κ3) is 14.2. The highest BCUT2D eigenvalue weighted by Crippen LogP contribution is 2.36. The van der Waals surface area contributed by atoms with E-state index in [0.717, 1.165) is 25.7 Å². The van der Waals surface area contributed by atoms with Crippen molar-refractivity contribution >= 4 is 23.7 Å². The van der Waals surface area contributed by atoms with E-state index in [0.29, 0.717) is 18.8 Å². The lowest BCUT2D eigenvalue weighted by Crippen LogP contribution is -2.34. The fourth-order valence-corrected chi connectivity index (χ4v) is 5.78. The molecular formula is C27H48O4S. The van der Waals surface area contributed by atoms with Crippen LogP contribution in [0.25, 0.3) is 0 Å². The van der Waals surface area contributed by atoms with Gasteiger partial charge in [-0.2, -0.15) is 0 Å². The second-order valence-corrected chi connectivity index (χ2v) is 10.2. The van der Waals surface area contributed by atoms with Gasteiger partial charge in [0.1, 0.15) is 6.10 Å². The zero-order valence-electron chi connectivity index (χ0n) is 21.0. The van der Waals surface area contributed by atoms with Crippen LogP contribution in [0.2, 0.25) is 0 Å². The van der Waals surface area contributed by atoms with E-state index in [1.807, 2.05) is 6.92 Å². The Morgan fingerprint density at radius 2 is 1.59 bits per heavy atom. The van der Waals surface area contributed by atoms with Crippen molar-refractivity contribution in [1.29, 1.82) is 0 Å². The van der Waals surface area contributed by atoms with Crippen LogP contribution in [0.4, 0.5) is 0 Å². The molecule has 0 radical (unpaired) electrons. The Morgan fingerprint density at radius 1 is 0.969 bits per heavy atom. The van der Waals surface area contributed by atoms with Crippen molar-refractivity contribution in [2.45, 2.75) is 135 Å². The number of unbranched alkanes of at least 4 members (excludes halogenated alkanes) is 11. The average Bonchev–Trinajstić information content (AvgIpc) is 2.76. The molecule has 32 heavy (non-hydrogen) atoms. The first kappa shape index (κ1) is 29.1. The van der Waals surface area contributed by atoms with Gasteiger partial charge in [-0.05, 0) is 39.0 Å². The maximum absolute atomic E-state index is 11.7. The van der Waals surface area contributed by atoms with Crippen molar-refractivity contribution in [2.75, 3.05) is 12.4 Å². The van der Waals surface area contributed by atoms with Gasteiger partial charge in [0, 0.05) is 12.7 Å². The minimum atomic E-state index is -0.211. The molecule has 0 saturated heterocycles. The fraction of sp³-hybridized carbons (Fsp3) is 0.852. The van der Waals surface area contributed by atoms with Gasteiger partial charge in [0.05, 0.1) is 18.3 Å². The fourth-order valence-electron chi connectivity index (χ4n) is 4.40. The van der Waals surface area contributed by atoms with E-state index in [4.69, 9.17) is 9.47 Å². The van der Waals surface area contributed by atoms with Gasteiger partial charge in [-0.15, -0.1) is 11.8 Å². The Morgan fingerprint density at radius 3 is 2.19 bits per heavy atom. The Balaban J connectivity index is 2.33. The first-order valence-corrected chi connectivity index (χ1v) is 14.3. The van der Waals surface area contributed by atoms with Gasteiger partial charge < -0.3 is 9.47 Å². The number of hydrogen-bond donors (Lipinski definition) is 0. The molecule has 0 heterocycles. The maximum atomic E-state index is 11.7. The number of allylic oxidation sites excluding steroid dienone is 1. The van der Waals surface area contributed by atoms with E-state index in [-0.39, 0.29) is 23.3 Å². The quantitative estimate of drug-likeness (QED) is 0.117. The summed E-state index contributed by atoms with van der Waals surface area (Å²) in [5.74, 6) is 0.348. The molecule has 2 unspecified atom stereocenters. The zero-order valence-corrected chi connectivity index (χ0v) is 21.8. The predicted octanol–water partition coefficient (Wildman–Crippen LogP) is 7.78. The molecule has 0 aromatic heterocycles. The van der Waals surface area contributed by atoms with Crippen molar-refractivity contribution in [3.05, 3.63) is 11.6 Å². The molecule has 1 aliphatic rings. The molecule has 1 rings (SSSR count). The van der Waals surface area contributed by atoms with Gasteiger partial charge in [-0.3, -0.25) is 9.59 Å². The molecule has 0 aliphatic heterocycles. The second kappa shape index (κ2) is 19.5. The van der Waals surface area contributed by atoms with Crippen LogP contribution in [0.5, 0.6) is 0 Å². The van der Waals surface area contributed by atoms with Crippen LogP contribution < -0.4 is 0 Å². The summed E-state index contributed by atoms with van der Waals surface area (Å²) < 4.78 is 10.7. The van der Waals surface area contributed by atoms with E-state index in [9.17, 15) is 9.59 Å². The SMILES string of the molecule is CCCCCCCCCCCCCC=C1CCCC(OC(C)=O)C1SCCC(=O)OCC. The Kier molecular flexibility index (Phi) is 17.7. The lowest BCUT2D eigenvalue weighted by molar-refractivity contribution is -0.147. The van der Waals surface area contributed by atoms with Crippen LogP contribution in [0.3, 0.4) is 0 Å². The molecule has 4 nitrogen and oxygen atoms in total. The number of carbonyl (C=O) groups is 2. The minimum absolute atomic E-state index is 0.0722. The molecule has 0 amide bonds. The molecule has 186 valence electrons. The summed E-state index contributed by atoms with van der Waals surface area (Å²) >= 11 is 1.75. The molecule has 1 aliphatic carbocycles. The van der Waals surface area contributed by atoms with Crippen molar-refractivity contribution in [2.24, 2.45) is 0 Å². The number of hydrogen-bond acceptors (Lipinski definition) is 5. The van der Waals surface area contributed by atoms with Crippen LogP contribution in [0, 0.1) is 0 Å². The number of carbonyl (C=O) groups excluding carboxylic acids is 2. The number of thioether (sulfide) groups is 1. The minimum Gasteiger partial charge on any atom is -0.466 e. The predicted molar refractivity (Wildman–Crippen MR) is 136 cm³/mol. The highest BCUT2D eigenvalue weighted by molar-refractivity contribution is 8.00. The monoisotopic (exact) mass is 468 g/mol. The standard InChI is InChI=1S/C27H48O4S/c1-4-6-7-8-9-10-11-12-13-14-15-16-18-24-19-17-20-25(31-23(3)28)27(24)32-22-21-26(29)30-5-2/h18,25,27H,4-17,19-22H2,1-3H3. The van der Waals surface area contributed by atoms with Gasteiger partial charge in [-0.25, -0.2) is 0 Å². The van der Waals surface area contributed by atoms with E-state index in [1.165, 1.54) is 83.1 Å². The summed E-state index contributed by atoms with van der Waals surface area (Å²) in [6, 6.07) is 0. The second-order valence-electron chi connectivity index (χ2n) is 8.99. The highest BCUT2D eigenvalue weighted by Gasteiger charge is 2.31. The summed E-state index contributed by atoms with van der Waals surface area (Å²) in [5, 5.41) is 0.176. The molecule has 0 aromatic rings. The lowest BCUT2D eigenvalue weighted by atomic mass is 9.90. The average molecular weight is 469 g/mol. The first-order chi connectivity index (χ1) is 15.6. The smallest absolute Gasteiger partial charge is 0.306 e. The van der Waals surface area contributed by atoms with Crippen LogP contribution >= 0.6 is 11.8 Å². The Hall–Kier alpha value is -0.970. The summed E-state index contributed by atoms with van der Waals surface area (Å²) in [6.07, 6.45) is 21.9. The first-order valence-electron chi connectivity index (χ1n) is 13.2. The summed E-state index contributed by atoms with van der Waals surface area (Å²) in [4.78, 5) is 23.3. The van der Waals surface area contributed by atoms with Crippen LogP contribution in [-0.4, -0.2) is 35.7 Å². The number of rotatable bonds is 18. The molecule has 0 spiro atoms. The number of esters is 2. The third-order valence-electron chi connectivity index (χ3n) is 6.10. The van der Waals surface area contributed by atoms with E-state index < -0.39 is 0 Å². The highest BCUT2D eigenvalue weighted by atomic mass is 32.2. The molecule has 1 fully saturated rings. The normalized spacial score (nSPS) is 19.8. The largest absolute Gasteiger partial charge is 0.466 e. The van der Waals surface area contributed by atoms with Gasteiger partial charge >= 0.3 is 11.9 Å². The third-order valence-corrected chi connectivity index (χ3v) is 7.50. The molecule has 5 heteroatoms. The molecule has 1 saturated carbocycles. The topological polar surface area (TPSA) is 52.6 Å². The lowest BCUT2D eigenvalue weighted by Gasteiger charge is -2.33. The Bertz CT molecular complexity index is 532. The zero-order chi connectivity index (χ0) is 23.4. The summed E-state index contributed by atoms with van der Waals surface area (Å²) in [7, 11) is 0. The van der Waals surface area contributed by atoms with Crippen molar-refractivity contribution in [3.8, 4) is 0 Å². The van der Waals surface area contributed by atoms with E-state index in [1.54, 1.807) is 11.8 Å². The van der Waals surface area contributed by atoms with Crippen LogP contribution in [0.1, 0.15) is 124 Å². The molecular weight excluding hydrogens is 420 g/mol. The molecule has 0 bridgehead atoms. The number of ether oxygens (including phenoxy) is 2. The Labute approximate surface area is 201 Å². The van der Waals surface area contributed by atoms with E-state index in [2.05, 4.69) is 13.0 Å². The van der Waals surface area contributed by atoms with Gasteiger partial charge in [-0.1, -0.05) is 82.8 Å². The molecule has 0 aromatic carbocycles. The van der Waals surface area contributed by atoms with Gasteiger partial charge in [0.15, 0.2) is 0 Å². The van der Waals surface area contributed by atoms with E-state index >= 15 is 0 Å². The van der Waals surface area contributed by atoms with Crippen molar-refractivity contribution in [1.82, 2.24) is 0 Å².